The Balaban J connectivity index is 1.42. The monoisotopic (exact) mass is 491 g/mol. The highest BCUT2D eigenvalue weighted by molar-refractivity contribution is 6.31. The molecule has 2 aromatic heterocycles. The van der Waals surface area contributed by atoms with Crippen LogP contribution in [0, 0.1) is 6.92 Å². The van der Waals surface area contributed by atoms with E-state index in [1.54, 1.807) is 18.7 Å². The molecule has 0 saturated heterocycles. The maximum absolute atomic E-state index is 13.5. The van der Waals surface area contributed by atoms with E-state index in [1.165, 1.54) is 9.80 Å². The van der Waals surface area contributed by atoms with Crippen molar-refractivity contribution in [2.75, 3.05) is 17.3 Å². The van der Waals surface area contributed by atoms with Crippen molar-refractivity contribution >= 4 is 35.1 Å². The standard InChI is InChI=1S/C28H25N7O2/c1-17-8-7-11-22(29-17)20-14-12-19(13-15-20)16-34-24(31-21-9-5-4-6-10-21)23-25(32-34)35-26(36)18(2)30-28(35)33(3)27(23)37/h4-15,18,31H,16H2,1-3H3/t18-/m1/s1. The lowest BCUT2D eigenvalue weighted by molar-refractivity contribution is -0.117. The van der Waals surface area contributed by atoms with Crippen molar-refractivity contribution in [2.24, 2.45) is 4.99 Å². The lowest BCUT2D eigenvalue weighted by Crippen LogP contribution is -2.50. The van der Waals surface area contributed by atoms with Gasteiger partial charge in [-0.05, 0) is 43.7 Å². The maximum atomic E-state index is 13.5. The number of carbonyl (C=O) groups is 2. The van der Waals surface area contributed by atoms with Crippen molar-refractivity contribution in [2.45, 2.75) is 26.4 Å². The van der Waals surface area contributed by atoms with Crippen LogP contribution in [-0.4, -0.2) is 50.5 Å². The number of hydrogen-bond donors (Lipinski definition) is 1. The van der Waals surface area contributed by atoms with E-state index in [4.69, 9.17) is 5.10 Å². The molecule has 2 amide bonds. The third kappa shape index (κ3) is 3.85. The van der Waals surface area contributed by atoms with Crippen LogP contribution >= 0.6 is 0 Å². The first kappa shape index (κ1) is 22.7. The largest absolute Gasteiger partial charge is 0.340 e. The number of rotatable bonds is 5. The van der Waals surface area contributed by atoms with Gasteiger partial charge in [-0.1, -0.05) is 48.5 Å². The summed E-state index contributed by atoms with van der Waals surface area (Å²) >= 11 is 0. The summed E-state index contributed by atoms with van der Waals surface area (Å²) in [7, 11) is 1.63. The average molecular weight is 492 g/mol. The van der Waals surface area contributed by atoms with E-state index in [0.29, 0.717) is 29.7 Å². The summed E-state index contributed by atoms with van der Waals surface area (Å²) in [6.45, 7) is 4.08. The molecule has 0 unspecified atom stereocenters. The molecule has 4 aromatic rings. The maximum Gasteiger partial charge on any atom is 0.267 e. The molecular weight excluding hydrogens is 466 g/mol. The summed E-state index contributed by atoms with van der Waals surface area (Å²) in [4.78, 5) is 38.3. The Morgan fingerprint density at radius 1 is 0.946 bits per heavy atom. The van der Waals surface area contributed by atoms with Crippen LogP contribution in [0.3, 0.4) is 0 Å². The lowest BCUT2D eigenvalue weighted by atomic mass is 10.1. The Morgan fingerprint density at radius 2 is 1.70 bits per heavy atom. The number of para-hydroxylation sites is 1. The summed E-state index contributed by atoms with van der Waals surface area (Å²) in [5.74, 6) is 0.656. The molecule has 0 saturated carbocycles. The van der Waals surface area contributed by atoms with Crippen LogP contribution in [0.15, 0.2) is 77.8 Å². The zero-order valence-electron chi connectivity index (χ0n) is 20.7. The Bertz CT molecular complexity index is 1560. The van der Waals surface area contributed by atoms with E-state index in [2.05, 4.69) is 15.3 Å². The molecule has 9 heteroatoms. The van der Waals surface area contributed by atoms with Crippen LogP contribution in [0.25, 0.3) is 11.3 Å². The van der Waals surface area contributed by atoms with Crippen LogP contribution in [-0.2, 0) is 11.3 Å². The average Bonchev–Trinajstić information content (AvgIpc) is 3.40. The number of aromatic nitrogens is 3. The number of amides is 2. The number of pyridine rings is 1. The van der Waals surface area contributed by atoms with E-state index >= 15 is 0 Å². The van der Waals surface area contributed by atoms with Crippen LogP contribution in [0.2, 0.25) is 0 Å². The third-order valence-corrected chi connectivity index (χ3v) is 6.56. The Morgan fingerprint density at radius 3 is 2.43 bits per heavy atom. The lowest BCUT2D eigenvalue weighted by Gasteiger charge is -2.29. The van der Waals surface area contributed by atoms with Crippen LogP contribution in [0.4, 0.5) is 17.3 Å². The number of fused-ring (bicyclic) bond motifs is 3. The minimum absolute atomic E-state index is 0.207. The van der Waals surface area contributed by atoms with Gasteiger partial charge in [-0.15, -0.1) is 0 Å². The fourth-order valence-corrected chi connectivity index (χ4v) is 4.63. The van der Waals surface area contributed by atoms with Gasteiger partial charge in [0.25, 0.3) is 11.8 Å². The van der Waals surface area contributed by atoms with Crippen molar-refractivity contribution < 1.29 is 9.59 Å². The molecule has 6 rings (SSSR count). The van der Waals surface area contributed by atoms with Crippen LogP contribution in [0.1, 0.15) is 28.5 Å². The van der Waals surface area contributed by atoms with Gasteiger partial charge in [0.2, 0.25) is 5.96 Å². The molecule has 2 aromatic carbocycles. The molecule has 0 bridgehead atoms. The summed E-state index contributed by atoms with van der Waals surface area (Å²) in [5, 5.41) is 8.13. The molecule has 9 nitrogen and oxygen atoms in total. The minimum atomic E-state index is -0.574. The van der Waals surface area contributed by atoms with Crippen LogP contribution in [0.5, 0.6) is 0 Å². The highest BCUT2D eigenvalue weighted by atomic mass is 16.2. The van der Waals surface area contributed by atoms with Crippen LogP contribution < -0.4 is 10.2 Å². The van der Waals surface area contributed by atoms with Crippen molar-refractivity contribution in [3.05, 3.63) is 89.6 Å². The van der Waals surface area contributed by atoms with Gasteiger partial charge in [-0.25, -0.2) is 14.6 Å². The van der Waals surface area contributed by atoms with Gasteiger partial charge in [0.15, 0.2) is 5.82 Å². The fourth-order valence-electron chi connectivity index (χ4n) is 4.63. The van der Waals surface area contributed by atoms with Gasteiger partial charge >= 0.3 is 0 Å². The third-order valence-electron chi connectivity index (χ3n) is 6.56. The number of nitrogens with zero attached hydrogens (tertiary/aromatic N) is 6. The van der Waals surface area contributed by atoms with Crippen molar-refractivity contribution in [3.8, 4) is 11.3 Å². The summed E-state index contributed by atoms with van der Waals surface area (Å²) in [6.07, 6.45) is 0. The first-order chi connectivity index (χ1) is 17.9. The second kappa shape index (κ2) is 8.70. The normalized spacial score (nSPS) is 16.5. The second-order valence-corrected chi connectivity index (χ2v) is 9.20. The zero-order chi connectivity index (χ0) is 25.7. The number of anilines is 3. The van der Waals surface area contributed by atoms with Crippen molar-refractivity contribution in [1.29, 1.82) is 0 Å². The predicted octanol–water partition coefficient (Wildman–Crippen LogP) is 4.22. The van der Waals surface area contributed by atoms with Gasteiger partial charge < -0.3 is 5.32 Å². The van der Waals surface area contributed by atoms with Gasteiger partial charge in [0.1, 0.15) is 17.4 Å². The summed E-state index contributed by atoms with van der Waals surface area (Å²) in [5.41, 5.74) is 5.03. The number of aryl methyl sites for hydroxylation is 1. The van der Waals surface area contributed by atoms with Gasteiger partial charge in [-0.2, -0.15) is 5.10 Å². The van der Waals surface area contributed by atoms with E-state index in [1.807, 2.05) is 79.7 Å². The molecule has 1 atom stereocenters. The molecule has 0 spiro atoms. The van der Waals surface area contributed by atoms with E-state index < -0.39 is 6.04 Å². The summed E-state index contributed by atoms with van der Waals surface area (Å²) < 4.78 is 1.74. The van der Waals surface area contributed by atoms with E-state index in [-0.39, 0.29) is 11.8 Å². The number of nitrogens with one attached hydrogen (secondary N) is 1. The topological polar surface area (TPSA) is 95.7 Å². The predicted molar refractivity (Wildman–Crippen MR) is 142 cm³/mol. The number of aliphatic imine (C=N–C) groups is 1. The SMILES string of the molecule is Cc1cccc(-c2ccc(Cn3nc4c(c3Nc3ccccc3)C(=O)N(C)C3=N[C@H](C)C(=O)N34)cc2)n1. The minimum Gasteiger partial charge on any atom is -0.340 e. The molecule has 37 heavy (non-hydrogen) atoms. The van der Waals surface area contributed by atoms with Crippen molar-refractivity contribution in [3.63, 3.8) is 0 Å². The molecule has 4 heterocycles. The molecule has 2 aliphatic heterocycles. The molecule has 0 fully saturated rings. The van der Waals surface area contributed by atoms with Gasteiger partial charge in [0, 0.05) is 24.0 Å². The van der Waals surface area contributed by atoms with Crippen molar-refractivity contribution in [1.82, 2.24) is 19.7 Å². The molecular formula is C28H25N7O2. The molecule has 184 valence electrons. The highest BCUT2D eigenvalue weighted by Gasteiger charge is 2.46. The van der Waals surface area contributed by atoms with Gasteiger partial charge in [0.05, 0.1) is 12.2 Å². The van der Waals surface area contributed by atoms with E-state index in [9.17, 15) is 9.59 Å². The number of guanidine groups is 1. The number of carbonyl (C=O) groups excluding carboxylic acids is 2. The van der Waals surface area contributed by atoms with Gasteiger partial charge in [-0.3, -0.25) is 19.5 Å². The fraction of sp³-hybridized carbons (Fsp3) is 0.179. The Hall–Kier alpha value is -4.79. The molecule has 1 N–H and O–H groups in total. The Kier molecular flexibility index (Phi) is 5.33. The molecule has 0 radical (unpaired) electrons. The summed E-state index contributed by atoms with van der Waals surface area (Å²) in [6, 6.07) is 23.1. The Labute approximate surface area is 214 Å². The second-order valence-electron chi connectivity index (χ2n) is 9.20. The smallest absolute Gasteiger partial charge is 0.267 e. The quantitative estimate of drug-likeness (QED) is 0.451. The molecule has 2 aliphatic rings. The molecule has 0 aliphatic carbocycles. The zero-order valence-corrected chi connectivity index (χ0v) is 20.7. The first-order valence-electron chi connectivity index (χ1n) is 12.1. The number of benzene rings is 2. The number of hydrogen-bond acceptors (Lipinski definition) is 6. The van der Waals surface area contributed by atoms with E-state index in [0.717, 1.165) is 28.2 Å². The highest BCUT2D eigenvalue weighted by Crippen LogP contribution is 2.37. The first-order valence-corrected chi connectivity index (χ1v) is 12.1.